The van der Waals surface area contributed by atoms with Gasteiger partial charge in [0.05, 0.1) is 5.88 Å². The van der Waals surface area contributed by atoms with Crippen LogP contribution in [0, 0.1) is 0 Å². The van der Waals surface area contributed by atoms with Gasteiger partial charge in [-0.2, -0.15) is 9.34 Å². The van der Waals surface area contributed by atoms with E-state index < -0.39 is 21.5 Å². The van der Waals surface area contributed by atoms with Crippen LogP contribution in [-0.4, -0.2) is 41.4 Å². The number of rotatable bonds is 7. The first-order valence-corrected chi connectivity index (χ1v) is 7.91. The van der Waals surface area contributed by atoms with Gasteiger partial charge in [-0.25, -0.2) is 13.8 Å². The second-order valence-corrected chi connectivity index (χ2v) is 6.07. The minimum Gasteiger partial charge on any atom is -0.744 e. The van der Waals surface area contributed by atoms with Gasteiger partial charge in [-0.1, -0.05) is 6.92 Å². The van der Waals surface area contributed by atoms with Gasteiger partial charge in [-0.15, -0.1) is 0 Å². The third kappa shape index (κ3) is 8.29. The molecule has 1 heterocycles. The largest absolute Gasteiger partial charge is 1.00 e. The van der Waals surface area contributed by atoms with Crippen molar-refractivity contribution in [1.82, 2.24) is 10.4 Å². The smallest absolute Gasteiger partial charge is 0.744 e. The zero-order chi connectivity index (χ0) is 13.8. The van der Waals surface area contributed by atoms with Crippen molar-refractivity contribution in [2.45, 2.75) is 25.0 Å². The zero-order valence-electron chi connectivity index (χ0n) is 11.4. The van der Waals surface area contributed by atoms with Crippen molar-refractivity contribution >= 4 is 34.8 Å². The second-order valence-electron chi connectivity index (χ2n) is 3.56. The van der Waals surface area contributed by atoms with E-state index in [1.165, 1.54) is 0 Å². The van der Waals surface area contributed by atoms with Crippen molar-refractivity contribution in [2.24, 2.45) is 0 Å². The Balaban J connectivity index is 0. The number of hydrogen-bond donors (Lipinski definition) is 2. The first kappa shape index (κ1) is 24.6. The molecule has 1 aliphatic heterocycles. The predicted molar refractivity (Wildman–Crippen MR) is 60.4 cm³/mol. The van der Waals surface area contributed by atoms with Gasteiger partial charge >= 0.3 is 59.1 Å². The normalized spacial score (nSPS) is 26.9. The van der Waals surface area contributed by atoms with Crippen molar-refractivity contribution in [3.63, 3.8) is 0 Å². The predicted octanol–water partition coefficient (Wildman–Crippen LogP) is -9.40. The SMILES string of the molecule is CCC1N(CSOO[O-])NC([S-])[NH+]1CS(=O)(=O)[O-].[Na+].[Na+]. The van der Waals surface area contributed by atoms with E-state index in [1.54, 1.807) is 5.01 Å². The topological polar surface area (TPSA) is 118 Å². The number of nitrogens with one attached hydrogen (secondary N) is 2. The zero-order valence-corrected chi connectivity index (χ0v) is 17.8. The van der Waals surface area contributed by atoms with Crippen LogP contribution < -0.4 is 74.7 Å². The van der Waals surface area contributed by atoms with E-state index in [1.807, 2.05) is 6.92 Å². The molecule has 0 aliphatic carbocycles. The molecular weight excluding hydrogens is 352 g/mol. The van der Waals surface area contributed by atoms with Crippen LogP contribution in [0.4, 0.5) is 0 Å². The summed E-state index contributed by atoms with van der Waals surface area (Å²) in [4.78, 5) is 0.436. The summed E-state index contributed by atoms with van der Waals surface area (Å²) in [5.41, 5.74) is 2.20. The molecule has 3 unspecified atom stereocenters. The average Bonchev–Trinajstić information content (AvgIpc) is 2.53. The van der Waals surface area contributed by atoms with Crippen molar-refractivity contribution in [2.75, 3.05) is 11.8 Å². The van der Waals surface area contributed by atoms with Crippen LogP contribution in [0.5, 0.6) is 0 Å². The molecular formula is C6H13N3Na2O6S3. The Morgan fingerprint density at radius 3 is 2.55 bits per heavy atom. The fourth-order valence-corrected chi connectivity index (χ4v) is 3.48. The molecule has 20 heavy (non-hydrogen) atoms. The van der Waals surface area contributed by atoms with Crippen LogP contribution in [0.2, 0.25) is 0 Å². The van der Waals surface area contributed by atoms with Gasteiger partial charge in [0, 0.05) is 24.0 Å². The molecule has 0 spiro atoms. The van der Waals surface area contributed by atoms with Crippen molar-refractivity contribution < 1.29 is 91.6 Å². The van der Waals surface area contributed by atoms with Crippen molar-refractivity contribution in [3.8, 4) is 0 Å². The quantitative estimate of drug-likeness (QED) is 0.0856. The maximum atomic E-state index is 10.8. The molecule has 0 aromatic heterocycles. The second kappa shape index (κ2) is 11.8. The van der Waals surface area contributed by atoms with Gasteiger partial charge < -0.3 is 27.3 Å². The summed E-state index contributed by atoms with van der Waals surface area (Å²) in [6.07, 6.45) is 0.281. The molecule has 1 saturated heterocycles. The fraction of sp³-hybridized carbons (Fsp3) is 1.00. The first-order chi connectivity index (χ1) is 8.39. The van der Waals surface area contributed by atoms with E-state index in [0.717, 1.165) is 12.0 Å². The average molecular weight is 365 g/mol. The van der Waals surface area contributed by atoms with Crippen LogP contribution in [0.3, 0.4) is 0 Å². The maximum Gasteiger partial charge on any atom is 1.00 e. The van der Waals surface area contributed by atoms with Crippen molar-refractivity contribution in [1.29, 1.82) is 0 Å². The molecule has 2 N–H and O–H groups in total. The van der Waals surface area contributed by atoms with Gasteiger partial charge in [0.25, 0.3) is 0 Å². The molecule has 14 heteroatoms. The Kier molecular flexibility index (Phi) is 14.6. The summed E-state index contributed by atoms with van der Waals surface area (Å²) >= 11 is 5.79. The number of nitrogens with zero attached hydrogens (tertiary/aromatic N) is 1. The van der Waals surface area contributed by atoms with E-state index in [4.69, 9.17) is 12.6 Å². The number of hydrogen-bond acceptors (Lipinski definition) is 10. The standard InChI is InChI=1S/C6H15N3O6S3.2Na/c1-2-5-8(4-18(11,12)13)6(16)7-9(5)3-17-15-14-10;;/h5-7,10,16H,2-4H2,1H3,(H,11,12,13);;/q;2*+1/p-2. The van der Waals surface area contributed by atoms with Gasteiger partial charge in [0.1, 0.15) is 10.1 Å². The summed E-state index contributed by atoms with van der Waals surface area (Å²) in [6.45, 7) is 1.83. The monoisotopic (exact) mass is 365 g/mol. The summed E-state index contributed by atoms with van der Waals surface area (Å²) in [7, 11) is -4.37. The van der Waals surface area contributed by atoms with Crippen LogP contribution >= 0.6 is 12.0 Å². The molecule has 0 aromatic rings. The van der Waals surface area contributed by atoms with Crippen LogP contribution in [0.25, 0.3) is 0 Å². The molecule has 0 radical (unpaired) electrons. The minimum absolute atomic E-state index is 0. The summed E-state index contributed by atoms with van der Waals surface area (Å²) in [6, 6.07) is 0. The molecule has 0 bridgehead atoms. The van der Waals surface area contributed by atoms with Gasteiger partial charge in [0.2, 0.25) is 0 Å². The number of quaternary nitrogens is 1. The minimum atomic E-state index is -4.37. The van der Waals surface area contributed by atoms with E-state index in [0.29, 0.717) is 11.3 Å². The van der Waals surface area contributed by atoms with E-state index in [-0.39, 0.29) is 71.2 Å². The Labute approximate surface area is 171 Å². The fourth-order valence-electron chi connectivity index (χ4n) is 1.78. The Bertz CT molecular complexity index is 364. The van der Waals surface area contributed by atoms with Crippen LogP contribution in [-0.2, 0) is 32.1 Å². The molecule has 0 amide bonds. The van der Waals surface area contributed by atoms with Crippen LogP contribution in [0.1, 0.15) is 13.3 Å². The van der Waals surface area contributed by atoms with E-state index in [9.17, 15) is 18.2 Å². The summed E-state index contributed by atoms with van der Waals surface area (Å²) < 4.78 is 36.5. The Morgan fingerprint density at radius 1 is 1.50 bits per heavy atom. The van der Waals surface area contributed by atoms with E-state index in [2.05, 4.69) is 14.8 Å². The summed E-state index contributed by atoms with van der Waals surface area (Å²) in [5.74, 6) is -0.386. The summed E-state index contributed by atoms with van der Waals surface area (Å²) in [5, 5.41) is 14.4. The first-order valence-electron chi connectivity index (χ1n) is 4.95. The molecule has 1 aliphatic rings. The Hall–Kier alpha value is 2.37. The van der Waals surface area contributed by atoms with Crippen molar-refractivity contribution in [3.05, 3.63) is 0 Å². The third-order valence-electron chi connectivity index (χ3n) is 2.42. The van der Waals surface area contributed by atoms with Gasteiger partial charge in [0.15, 0.2) is 12.0 Å². The van der Waals surface area contributed by atoms with Gasteiger partial charge in [-0.3, -0.25) is 5.04 Å². The van der Waals surface area contributed by atoms with Crippen LogP contribution in [0.15, 0.2) is 0 Å². The molecule has 108 valence electrons. The molecule has 9 nitrogen and oxygen atoms in total. The molecule has 1 fully saturated rings. The van der Waals surface area contributed by atoms with E-state index >= 15 is 0 Å². The molecule has 1 rings (SSSR count). The molecule has 0 aromatic carbocycles. The maximum absolute atomic E-state index is 10.8. The molecule has 3 atom stereocenters. The Morgan fingerprint density at radius 2 is 2.10 bits per heavy atom. The number of hydrazine groups is 1. The molecule has 0 saturated carbocycles. The van der Waals surface area contributed by atoms with Gasteiger partial charge in [-0.05, 0) is 0 Å². The third-order valence-corrected chi connectivity index (χ3v) is 4.05.